The van der Waals surface area contributed by atoms with Gasteiger partial charge >= 0.3 is 0 Å². The molecule has 30 rings (SSSR count). The number of nitrogens with zero attached hydrogens (tertiary/aromatic N) is 4. The Morgan fingerprint density at radius 1 is 0.158 bits per heavy atom. The van der Waals surface area contributed by atoms with Gasteiger partial charge in [0.1, 0.15) is 44.7 Å². The van der Waals surface area contributed by atoms with Gasteiger partial charge in [0.25, 0.3) is 0 Å². The predicted octanol–water partition coefficient (Wildman–Crippen LogP) is 37.8. The van der Waals surface area contributed by atoms with Crippen LogP contribution in [0, 0.1) is 0 Å². The first-order chi connectivity index (χ1) is 71.8. The molecule has 0 radical (unpaired) electrons. The molecule has 8 aromatic heterocycles. The number of hydrogen-bond acceptors (Lipinski definition) is 8. The first-order valence-corrected chi connectivity index (χ1v) is 50.1. The molecule has 0 aliphatic heterocycles. The van der Waals surface area contributed by atoms with Crippen LogP contribution in [-0.2, 0) is 10.8 Å². The maximum Gasteiger partial charge on any atom is 0.143 e. The van der Waals surface area contributed by atoms with E-state index >= 15 is 0 Å². The van der Waals surface area contributed by atoms with Crippen molar-refractivity contribution >= 4 is 131 Å². The largest absolute Gasteiger partial charge is 0.456 e. The number of furan rings is 4. The highest BCUT2D eigenvalue weighted by molar-refractivity contribution is 6.17. The number of para-hydroxylation sites is 6. The Hall–Kier alpha value is -18.8. The van der Waals surface area contributed by atoms with Gasteiger partial charge in [-0.15, -0.1) is 0 Å². The smallest absolute Gasteiger partial charge is 0.143 e. The third kappa shape index (κ3) is 13.6. The summed E-state index contributed by atoms with van der Waals surface area (Å²) in [7, 11) is 0. The SMILES string of the molecule is CC1(C)c2ccccc2-c2ccc(-c3cc4ccc5cc(-c6ccc7c(c6)C(C)(C)c6ccccc6-7)c(-c6ccc(-c7ccc8oc9ccccc9c8c7)cc6)nc5c4nc3-c3ccc(-c4ccc5oc6ccccc6c5c4)cc3)cc21.c1ccc(-c2cc(-c3ccc(-c4cccc5c4oc4ccccc45)cc3)nc3c2ccc2c(-c4ccccc4)cc(-c4ccc(-c5cccc6c5oc5ccccc56)cc4)nc23)cc1. The van der Waals surface area contributed by atoms with Crippen molar-refractivity contribution in [2.45, 2.75) is 38.5 Å². The van der Waals surface area contributed by atoms with E-state index in [2.05, 4.69) is 440 Å². The van der Waals surface area contributed by atoms with Gasteiger partial charge in [-0.05, 0) is 196 Å². The molecule has 0 amide bonds. The minimum absolute atomic E-state index is 0.164. The number of rotatable bonds is 12. The quantitative estimate of drug-likeness (QED) is 0.111. The van der Waals surface area contributed by atoms with Crippen molar-refractivity contribution in [3.05, 3.63) is 483 Å². The van der Waals surface area contributed by atoms with Crippen LogP contribution >= 0.6 is 0 Å². The van der Waals surface area contributed by atoms with Crippen LogP contribution in [0.15, 0.2) is 479 Å². The Morgan fingerprint density at radius 3 is 0.884 bits per heavy atom. The molecule has 8 nitrogen and oxygen atoms in total. The molecule has 0 atom stereocenters. The van der Waals surface area contributed by atoms with Gasteiger partial charge < -0.3 is 17.7 Å². The topological polar surface area (TPSA) is 104 Å². The minimum Gasteiger partial charge on any atom is -0.456 e. The van der Waals surface area contributed by atoms with Crippen molar-refractivity contribution in [3.8, 4) is 156 Å². The van der Waals surface area contributed by atoms with E-state index < -0.39 is 0 Å². The second-order valence-electron chi connectivity index (χ2n) is 40.0. The maximum atomic E-state index is 6.42. The van der Waals surface area contributed by atoms with Gasteiger partial charge in [0.15, 0.2) is 0 Å². The van der Waals surface area contributed by atoms with E-state index in [1.165, 1.54) is 44.5 Å². The van der Waals surface area contributed by atoms with Crippen LogP contribution in [0.2, 0.25) is 0 Å². The monoisotopic (exact) mass is 1860 g/mol. The number of fused-ring (bicyclic) bond motifs is 24. The summed E-state index contributed by atoms with van der Waals surface area (Å²) in [5.74, 6) is 0. The Morgan fingerprint density at radius 2 is 0.466 bits per heavy atom. The molecular weight excluding hydrogens is 1780 g/mol. The van der Waals surface area contributed by atoms with Crippen LogP contribution in [0.1, 0.15) is 49.9 Å². The van der Waals surface area contributed by atoms with Crippen LogP contribution in [0.4, 0.5) is 0 Å². The van der Waals surface area contributed by atoms with E-state index in [0.717, 1.165) is 265 Å². The Labute approximate surface area is 841 Å². The fourth-order valence-corrected chi connectivity index (χ4v) is 23.5. The highest BCUT2D eigenvalue weighted by Gasteiger charge is 2.38. The van der Waals surface area contributed by atoms with E-state index in [9.17, 15) is 0 Å². The molecule has 0 spiro atoms. The molecule has 146 heavy (non-hydrogen) atoms. The molecule has 0 unspecified atom stereocenters. The number of benzene rings is 20. The molecule has 0 saturated heterocycles. The summed E-state index contributed by atoms with van der Waals surface area (Å²) in [6.07, 6.45) is 0. The fourth-order valence-electron chi connectivity index (χ4n) is 23.5. The van der Waals surface area contributed by atoms with Gasteiger partial charge in [-0.25, -0.2) is 19.9 Å². The Balaban J connectivity index is 0.000000143. The molecule has 0 N–H and O–H groups in total. The van der Waals surface area contributed by atoms with Crippen LogP contribution in [0.25, 0.3) is 288 Å². The summed E-state index contributed by atoms with van der Waals surface area (Å²) in [6, 6.07) is 165. The van der Waals surface area contributed by atoms with E-state index in [1.54, 1.807) is 0 Å². The van der Waals surface area contributed by atoms with Crippen LogP contribution in [0.3, 0.4) is 0 Å². The minimum atomic E-state index is -0.164. The van der Waals surface area contributed by atoms with Gasteiger partial charge in [-0.3, -0.25) is 0 Å². The highest BCUT2D eigenvalue weighted by Crippen LogP contribution is 2.55. The number of aromatic nitrogens is 4. The fraction of sp³-hybridized carbons (Fsp3) is 0.0435. The van der Waals surface area contributed by atoms with Crippen molar-refractivity contribution in [2.75, 3.05) is 0 Å². The molecule has 8 heteroatoms. The third-order valence-electron chi connectivity index (χ3n) is 31.0. The standard InChI is InChI=1S/C78H52N2O2.C60H36N2O2/c1-77(2)65-17-9-5-13-55(65)57-35-31-51(43-67(57)77)61-41-53-29-30-54-42-62(52-32-36-58-56-14-6-10-18-66(56)78(3,4)68(58)44-52)74(48-27-23-46(24-28-48)50-34-38-72-64(40-50)60-16-8-12-20-70(60)82-72)80-76(54)75(53)79-73(61)47-25-21-45(22-26-47)49-33-37-71-63(39-49)59-15-7-11-19-69(59)81-71;1-3-13-37(14-4-1)51-35-53(41-29-25-39(26-30-41)43-19-11-21-49-45-17-7-9-23-55(45)63-59(43)49)61-57-47(51)33-34-48-52(38-15-5-2-6-16-38)36-54(62-58(48)57)42-31-27-40(28-32-42)44-20-12-22-50-46-18-8-10-24-56(46)64-60(44)50/h5-44H,1-4H3;1-36H. The van der Waals surface area contributed by atoms with Crippen LogP contribution < -0.4 is 0 Å². The summed E-state index contributed by atoms with van der Waals surface area (Å²) in [5, 5.41) is 13.1. The Kier molecular flexibility index (Phi) is 19.0. The van der Waals surface area contributed by atoms with Crippen molar-refractivity contribution in [1.82, 2.24) is 19.9 Å². The first kappa shape index (κ1) is 84.1. The van der Waals surface area contributed by atoms with Gasteiger partial charge in [0.05, 0.1) is 44.8 Å². The maximum absolute atomic E-state index is 6.42. The second-order valence-corrected chi connectivity index (χ2v) is 40.0. The van der Waals surface area contributed by atoms with Crippen molar-refractivity contribution < 1.29 is 17.7 Å². The summed E-state index contributed by atoms with van der Waals surface area (Å²) in [5.41, 5.74) is 46.2. The lowest BCUT2D eigenvalue weighted by Gasteiger charge is -2.22. The van der Waals surface area contributed by atoms with Crippen LogP contribution in [0.5, 0.6) is 0 Å². The zero-order valence-electron chi connectivity index (χ0n) is 80.3. The number of hydrogen-bond donors (Lipinski definition) is 0. The molecular formula is C138H88N4O4. The molecule has 8 heterocycles. The number of pyridine rings is 4. The normalized spacial score (nSPS) is 12.9. The zero-order valence-corrected chi connectivity index (χ0v) is 80.3. The predicted molar refractivity (Wildman–Crippen MR) is 604 cm³/mol. The van der Waals surface area contributed by atoms with Gasteiger partial charge in [0.2, 0.25) is 0 Å². The summed E-state index contributed by atoms with van der Waals surface area (Å²) < 4.78 is 25.3. The molecule has 28 aromatic rings. The van der Waals surface area contributed by atoms with E-state index in [1.807, 2.05) is 48.5 Å². The first-order valence-electron chi connectivity index (χ1n) is 50.1. The van der Waals surface area contributed by atoms with Gasteiger partial charge in [-0.2, -0.15) is 0 Å². The van der Waals surface area contributed by atoms with Crippen molar-refractivity contribution in [1.29, 1.82) is 0 Å². The van der Waals surface area contributed by atoms with Crippen LogP contribution in [-0.4, -0.2) is 19.9 Å². The molecule has 2 aliphatic carbocycles. The van der Waals surface area contributed by atoms with Gasteiger partial charge in [-0.1, -0.05) is 404 Å². The molecule has 0 saturated carbocycles. The molecule has 684 valence electrons. The molecule has 20 aromatic carbocycles. The lowest BCUT2D eigenvalue weighted by molar-refractivity contribution is 0.660. The molecule has 2 aliphatic rings. The summed E-state index contributed by atoms with van der Waals surface area (Å²) in [4.78, 5) is 22.7. The van der Waals surface area contributed by atoms with E-state index in [4.69, 9.17) is 37.6 Å². The second kappa shape index (κ2) is 32.9. The average molecular weight is 1870 g/mol. The zero-order chi connectivity index (χ0) is 96.7. The lowest BCUT2D eigenvalue weighted by atomic mass is 9.81. The van der Waals surface area contributed by atoms with Crippen molar-refractivity contribution in [3.63, 3.8) is 0 Å². The average Bonchev–Trinajstić information content (AvgIpc) is 1.59. The molecule has 0 bridgehead atoms. The van der Waals surface area contributed by atoms with E-state index in [-0.39, 0.29) is 10.8 Å². The summed E-state index contributed by atoms with van der Waals surface area (Å²) in [6.45, 7) is 9.41. The third-order valence-corrected chi connectivity index (χ3v) is 31.0. The van der Waals surface area contributed by atoms with Crippen molar-refractivity contribution in [2.24, 2.45) is 0 Å². The van der Waals surface area contributed by atoms with E-state index in [0.29, 0.717) is 0 Å². The lowest BCUT2D eigenvalue weighted by Crippen LogP contribution is -2.14. The van der Waals surface area contributed by atoms with Gasteiger partial charge in [0, 0.05) is 120 Å². The molecule has 0 fully saturated rings. The highest BCUT2D eigenvalue weighted by atomic mass is 16.3. The summed E-state index contributed by atoms with van der Waals surface area (Å²) >= 11 is 0. The Bertz CT molecular complexity index is 9710.